The molecule has 1 rings (SSSR count). The number of methoxy groups -OCH3 is 1. The Balaban J connectivity index is 3.14. The third kappa shape index (κ3) is 3.18. The summed E-state index contributed by atoms with van der Waals surface area (Å²) in [6, 6.07) is 3.49. The number of nitrogens with two attached hydrogens (primary N) is 1. The van der Waals surface area contributed by atoms with Gasteiger partial charge < -0.3 is 10.5 Å². The lowest BCUT2D eigenvalue weighted by atomic mass is 10.3. The maximum atomic E-state index is 13.6. The van der Waals surface area contributed by atoms with Gasteiger partial charge in [-0.3, -0.25) is 0 Å². The molecule has 0 spiro atoms. The molecule has 0 amide bonds. The first-order valence-corrected chi connectivity index (χ1v) is 6.91. The third-order valence-electron chi connectivity index (χ3n) is 2.47. The van der Waals surface area contributed by atoms with E-state index in [0.29, 0.717) is 0 Å². The number of halogens is 1. The van der Waals surface area contributed by atoms with Crippen molar-refractivity contribution in [3.8, 4) is 0 Å². The number of anilines is 1. The summed E-state index contributed by atoms with van der Waals surface area (Å²) in [4.78, 5) is -0.402. The molecule has 18 heavy (non-hydrogen) atoms. The summed E-state index contributed by atoms with van der Waals surface area (Å²) in [5.74, 6) is -0.805. The maximum Gasteiger partial charge on any atom is 0.246 e. The van der Waals surface area contributed by atoms with Crippen LogP contribution in [0.2, 0.25) is 0 Å². The molecular weight excluding hydrogens is 259 g/mol. The summed E-state index contributed by atoms with van der Waals surface area (Å²) in [7, 11) is -2.40. The summed E-state index contributed by atoms with van der Waals surface area (Å²) < 4.78 is 44.0. The number of benzene rings is 1. The molecule has 0 aliphatic heterocycles. The molecule has 0 radical (unpaired) electrons. The number of nitrogen functional groups attached to an aromatic ring is 1. The van der Waals surface area contributed by atoms with Gasteiger partial charge in [0, 0.05) is 25.9 Å². The molecule has 7 heteroatoms. The Labute approximate surface area is 106 Å². The molecule has 2 N–H and O–H groups in total. The molecule has 5 nitrogen and oxygen atoms in total. The van der Waals surface area contributed by atoms with Gasteiger partial charge in [0.2, 0.25) is 10.0 Å². The molecule has 102 valence electrons. The monoisotopic (exact) mass is 276 g/mol. The van der Waals surface area contributed by atoms with E-state index >= 15 is 0 Å². The number of hydrogen-bond acceptors (Lipinski definition) is 4. The number of hydrogen-bond donors (Lipinski definition) is 1. The van der Waals surface area contributed by atoms with Crippen LogP contribution in [-0.4, -0.2) is 39.5 Å². The Kier molecular flexibility index (Phi) is 5.06. The van der Waals surface area contributed by atoms with Crippen LogP contribution in [0.1, 0.15) is 6.92 Å². The minimum Gasteiger partial charge on any atom is -0.399 e. The maximum absolute atomic E-state index is 13.6. The Morgan fingerprint density at radius 2 is 2.11 bits per heavy atom. The second-order valence-corrected chi connectivity index (χ2v) is 5.59. The van der Waals surface area contributed by atoms with Crippen molar-refractivity contribution in [2.24, 2.45) is 0 Å². The van der Waals surface area contributed by atoms with Crippen LogP contribution in [0.25, 0.3) is 0 Å². The molecule has 1 aromatic carbocycles. The quantitative estimate of drug-likeness (QED) is 0.789. The van der Waals surface area contributed by atoms with Gasteiger partial charge in [-0.1, -0.05) is 6.92 Å². The number of ether oxygens (including phenoxy) is 1. The first kappa shape index (κ1) is 14.9. The Hall–Kier alpha value is -1.18. The van der Waals surface area contributed by atoms with Gasteiger partial charge in [0.25, 0.3) is 0 Å². The van der Waals surface area contributed by atoms with Crippen LogP contribution >= 0.6 is 0 Å². The van der Waals surface area contributed by atoms with Crippen LogP contribution in [0.5, 0.6) is 0 Å². The van der Waals surface area contributed by atoms with Crippen LogP contribution in [0.3, 0.4) is 0 Å². The van der Waals surface area contributed by atoms with Crippen molar-refractivity contribution in [3.05, 3.63) is 24.0 Å². The molecule has 0 aromatic heterocycles. The van der Waals surface area contributed by atoms with Gasteiger partial charge in [-0.05, 0) is 18.2 Å². The lowest BCUT2D eigenvalue weighted by Crippen LogP contribution is -2.34. The average molecular weight is 276 g/mol. The van der Waals surface area contributed by atoms with Gasteiger partial charge in [0.1, 0.15) is 10.7 Å². The highest BCUT2D eigenvalue weighted by Gasteiger charge is 2.26. The third-order valence-corrected chi connectivity index (χ3v) is 4.46. The zero-order valence-corrected chi connectivity index (χ0v) is 11.2. The summed E-state index contributed by atoms with van der Waals surface area (Å²) in [5.41, 5.74) is 5.70. The van der Waals surface area contributed by atoms with Gasteiger partial charge in [-0.25, -0.2) is 12.8 Å². The van der Waals surface area contributed by atoms with E-state index in [0.717, 1.165) is 16.4 Å². The Bertz CT molecular complexity index is 505. The Morgan fingerprint density at radius 3 is 2.67 bits per heavy atom. The van der Waals surface area contributed by atoms with Crippen LogP contribution in [-0.2, 0) is 14.8 Å². The molecule has 0 fully saturated rings. The van der Waals surface area contributed by atoms with E-state index in [1.54, 1.807) is 6.92 Å². The molecular formula is C11H17FN2O3S. The molecule has 1 aromatic rings. The van der Waals surface area contributed by atoms with Crippen molar-refractivity contribution >= 4 is 15.7 Å². The summed E-state index contributed by atoms with van der Waals surface area (Å²) in [6.45, 7) is 2.33. The molecule has 0 atom stereocenters. The van der Waals surface area contributed by atoms with Crippen LogP contribution in [0.4, 0.5) is 10.1 Å². The number of sulfonamides is 1. The number of nitrogens with zero attached hydrogens (tertiary/aromatic N) is 1. The van der Waals surface area contributed by atoms with Gasteiger partial charge in [0.05, 0.1) is 6.61 Å². The minimum absolute atomic E-state index is 0.170. The summed E-state index contributed by atoms with van der Waals surface area (Å²) in [5, 5.41) is 0. The molecule has 0 aliphatic carbocycles. The van der Waals surface area contributed by atoms with Crippen molar-refractivity contribution in [2.75, 3.05) is 32.5 Å². The van der Waals surface area contributed by atoms with Gasteiger partial charge >= 0.3 is 0 Å². The lowest BCUT2D eigenvalue weighted by Gasteiger charge is -2.20. The fourth-order valence-electron chi connectivity index (χ4n) is 1.50. The van der Waals surface area contributed by atoms with E-state index in [2.05, 4.69) is 0 Å². The average Bonchev–Trinajstić information content (AvgIpc) is 2.33. The van der Waals surface area contributed by atoms with E-state index in [9.17, 15) is 12.8 Å². The highest BCUT2D eigenvalue weighted by Crippen LogP contribution is 2.21. The highest BCUT2D eigenvalue weighted by molar-refractivity contribution is 7.89. The van der Waals surface area contributed by atoms with Gasteiger partial charge in [-0.2, -0.15) is 4.31 Å². The predicted molar refractivity (Wildman–Crippen MR) is 67.1 cm³/mol. The zero-order valence-electron chi connectivity index (χ0n) is 10.4. The largest absolute Gasteiger partial charge is 0.399 e. The fraction of sp³-hybridized carbons (Fsp3) is 0.455. The fourth-order valence-corrected chi connectivity index (χ4v) is 3.03. The van der Waals surface area contributed by atoms with Crippen LogP contribution in [0.15, 0.2) is 23.1 Å². The molecule has 0 heterocycles. The minimum atomic E-state index is -3.88. The van der Waals surface area contributed by atoms with Gasteiger partial charge in [0.15, 0.2) is 0 Å². The smallest absolute Gasteiger partial charge is 0.246 e. The van der Waals surface area contributed by atoms with E-state index < -0.39 is 20.7 Å². The van der Waals surface area contributed by atoms with Crippen molar-refractivity contribution in [1.82, 2.24) is 4.31 Å². The van der Waals surface area contributed by atoms with E-state index in [1.807, 2.05) is 0 Å². The van der Waals surface area contributed by atoms with Crippen molar-refractivity contribution in [3.63, 3.8) is 0 Å². The molecule has 0 saturated heterocycles. The summed E-state index contributed by atoms with van der Waals surface area (Å²) >= 11 is 0. The normalized spacial score (nSPS) is 12.0. The zero-order chi connectivity index (χ0) is 13.8. The number of likely N-dealkylation sites (N-methyl/N-ethyl adjacent to an activating group) is 1. The van der Waals surface area contributed by atoms with Crippen molar-refractivity contribution in [1.29, 1.82) is 0 Å². The first-order valence-electron chi connectivity index (χ1n) is 5.47. The van der Waals surface area contributed by atoms with Gasteiger partial charge in [-0.15, -0.1) is 0 Å². The van der Waals surface area contributed by atoms with Crippen LogP contribution in [0, 0.1) is 5.82 Å². The van der Waals surface area contributed by atoms with Crippen molar-refractivity contribution < 1.29 is 17.5 Å². The lowest BCUT2D eigenvalue weighted by molar-refractivity contribution is 0.180. The SMILES string of the molecule is CCN(CCOC)S(=O)(=O)c1cc(N)ccc1F. The topological polar surface area (TPSA) is 72.6 Å². The molecule has 0 bridgehead atoms. The van der Waals surface area contributed by atoms with E-state index in [1.165, 1.54) is 13.2 Å². The van der Waals surface area contributed by atoms with Crippen LogP contribution < -0.4 is 5.73 Å². The Morgan fingerprint density at radius 1 is 1.44 bits per heavy atom. The van der Waals surface area contributed by atoms with E-state index in [4.69, 9.17) is 10.5 Å². The van der Waals surface area contributed by atoms with E-state index in [-0.39, 0.29) is 25.4 Å². The molecule has 0 aliphatic rings. The summed E-state index contributed by atoms with van der Waals surface area (Å²) in [6.07, 6.45) is 0. The molecule has 0 saturated carbocycles. The standard InChI is InChI=1S/C11H17FN2O3S/c1-3-14(6-7-17-2)18(15,16)11-8-9(13)4-5-10(11)12/h4-5,8H,3,6-7,13H2,1-2H3. The highest BCUT2D eigenvalue weighted by atomic mass is 32.2. The molecule has 0 unspecified atom stereocenters. The number of rotatable bonds is 6. The second-order valence-electron chi connectivity index (χ2n) is 3.68. The second kappa shape index (κ2) is 6.12. The first-order chi connectivity index (χ1) is 8.43. The van der Waals surface area contributed by atoms with Crippen molar-refractivity contribution in [2.45, 2.75) is 11.8 Å². The predicted octanol–water partition coefficient (Wildman–Crippen LogP) is 1.06.